The van der Waals surface area contributed by atoms with Gasteiger partial charge in [0.1, 0.15) is 0 Å². The van der Waals surface area contributed by atoms with Crippen LogP contribution in [0.25, 0.3) is 12.2 Å². The second-order valence-electron chi connectivity index (χ2n) is 6.33. The van der Waals surface area contributed by atoms with Crippen molar-refractivity contribution in [1.29, 1.82) is 0 Å². The van der Waals surface area contributed by atoms with Gasteiger partial charge in [-0.3, -0.25) is 4.57 Å². The van der Waals surface area contributed by atoms with Crippen molar-refractivity contribution in [3.05, 3.63) is 65.2 Å². The largest absolute Gasteiger partial charge is 0.399 e. The maximum Gasteiger partial charge on any atom is 0.399 e. The topological polar surface area (TPSA) is 129 Å². The van der Waals surface area contributed by atoms with Gasteiger partial charge >= 0.3 is 13.3 Å². The molecule has 0 spiro atoms. The fourth-order valence-corrected chi connectivity index (χ4v) is 6.03. The molecule has 0 aliphatic carbocycles. The molecule has 8 nitrogen and oxygen atoms in total. The summed E-state index contributed by atoms with van der Waals surface area (Å²) < 4.78 is 88.1. The first-order valence-corrected chi connectivity index (χ1v) is 13.4. The number of hydrogen-bond donors (Lipinski definition) is 2. The summed E-state index contributed by atoms with van der Waals surface area (Å²) in [6.45, 7) is 0. The van der Waals surface area contributed by atoms with Crippen LogP contribution in [0.4, 0.5) is 14.5 Å². The summed E-state index contributed by atoms with van der Waals surface area (Å²) in [6.07, 6.45) is 3.91. The Morgan fingerprint density at radius 1 is 0.933 bits per heavy atom. The van der Waals surface area contributed by atoms with Gasteiger partial charge in [-0.1, -0.05) is 54.6 Å². The lowest BCUT2D eigenvalue weighted by Gasteiger charge is -2.24. The maximum absolute atomic E-state index is 14.2. The van der Waals surface area contributed by atoms with Crippen molar-refractivity contribution in [2.45, 2.75) is 5.66 Å². The van der Waals surface area contributed by atoms with Crippen LogP contribution < -0.4 is 3.71 Å². The molecular formula is C17H18F2NO7PS2. The molecule has 0 atom stereocenters. The van der Waals surface area contributed by atoms with Crippen molar-refractivity contribution < 1.29 is 40.0 Å². The standard InChI is InChI=1S/C17H18F2NO7PS2/c1-29(24,25)20(30(2,26)27)16-12-15(17(18,19)28(21,22)23)11-10-14(16)9-8-13-6-4-3-5-7-13/h3-12H,1-2H3,(H2,21,22,23)/b9-8+. The molecule has 13 heteroatoms. The third-order valence-electron chi connectivity index (χ3n) is 3.80. The van der Waals surface area contributed by atoms with E-state index in [0.717, 1.165) is 6.07 Å². The van der Waals surface area contributed by atoms with E-state index in [1.165, 1.54) is 12.2 Å². The minimum Gasteiger partial charge on any atom is -0.320 e. The summed E-state index contributed by atoms with van der Waals surface area (Å²) in [6, 6.07) is 10.6. The molecule has 0 fully saturated rings. The van der Waals surface area contributed by atoms with E-state index in [9.17, 15) is 30.2 Å². The molecule has 0 aliphatic rings. The molecule has 0 saturated carbocycles. The Balaban J connectivity index is 2.80. The molecule has 2 aromatic carbocycles. The smallest absolute Gasteiger partial charge is 0.320 e. The second kappa shape index (κ2) is 8.20. The predicted octanol–water partition coefficient (Wildman–Crippen LogP) is 2.81. The third kappa shape index (κ3) is 5.32. The molecule has 0 unspecified atom stereocenters. The number of nitrogens with zero attached hydrogens (tertiary/aromatic N) is 1. The minimum absolute atomic E-state index is 0.0656. The monoisotopic (exact) mass is 481 g/mol. The van der Waals surface area contributed by atoms with E-state index in [1.54, 1.807) is 30.3 Å². The van der Waals surface area contributed by atoms with Crippen LogP contribution in [0.5, 0.6) is 0 Å². The fourth-order valence-electron chi connectivity index (χ4n) is 2.55. The average Bonchev–Trinajstić information content (AvgIpc) is 2.58. The van der Waals surface area contributed by atoms with E-state index in [4.69, 9.17) is 9.79 Å². The van der Waals surface area contributed by atoms with Crippen LogP contribution in [0.1, 0.15) is 16.7 Å². The molecule has 0 amide bonds. The highest BCUT2D eigenvalue weighted by molar-refractivity contribution is 8.09. The van der Waals surface area contributed by atoms with E-state index in [0.29, 0.717) is 30.2 Å². The zero-order valence-corrected chi connectivity index (χ0v) is 18.2. The van der Waals surface area contributed by atoms with Crippen molar-refractivity contribution in [3.8, 4) is 0 Å². The van der Waals surface area contributed by atoms with Gasteiger partial charge in [-0.25, -0.2) is 16.8 Å². The Morgan fingerprint density at radius 2 is 1.47 bits per heavy atom. The Morgan fingerprint density at radius 3 is 1.93 bits per heavy atom. The lowest BCUT2D eigenvalue weighted by Crippen LogP contribution is -2.36. The van der Waals surface area contributed by atoms with Gasteiger partial charge in [-0.15, -0.1) is 0 Å². The number of halogens is 2. The Kier molecular flexibility index (Phi) is 6.60. The Labute approximate surface area is 172 Å². The molecule has 0 heterocycles. The van der Waals surface area contributed by atoms with Gasteiger partial charge in [0, 0.05) is 11.1 Å². The molecule has 0 bridgehead atoms. The minimum atomic E-state index is -5.97. The van der Waals surface area contributed by atoms with E-state index < -0.39 is 44.6 Å². The first-order valence-electron chi connectivity index (χ1n) is 8.07. The van der Waals surface area contributed by atoms with Crippen molar-refractivity contribution >= 4 is 45.5 Å². The van der Waals surface area contributed by atoms with Crippen LogP contribution in [-0.4, -0.2) is 39.1 Å². The summed E-state index contributed by atoms with van der Waals surface area (Å²) in [5.74, 6) is 0. The van der Waals surface area contributed by atoms with Gasteiger partial charge in [-0.2, -0.15) is 12.5 Å². The van der Waals surface area contributed by atoms with Crippen LogP contribution in [0.2, 0.25) is 0 Å². The van der Waals surface area contributed by atoms with E-state index in [2.05, 4.69) is 0 Å². The Bertz CT molecular complexity index is 1190. The van der Waals surface area contributed by atoms with Gasteiger partial charge in [0.15, 0.2) is 0 Å². The second-order valence-corrected chi connectivity index (χ2v) is 11.9. The highest BCUT2D eigenvalue weighted by atomic mass is 32.3. The summed E-state index contributed by atoms with van der Waals surface area (Å²) in [4.78, 5) is 17.9. The normalized spacial score (nSPS) is 13.5. The van der Waals surface area contributed by atoms with Gasteiger partial charge in [0.2, 0.25) is 20.0 Å². The lowest BCUT2D eigenvalue weighted by molar-refractivity contribution is 0.0565. The van der Waals surface area contributed by atoms with Crippen LogP contribution in [0.15, 0.2) is 48.5 Å². The first-order chi connectivity index (χ1) is 13.5. The Hall–Kier alpha value is -2.11. The van der Waals surface area contributed by atoms with Crippen molar-refractivity contribution in [2.75, 3.05) is 16.2 Å². The fraction of sp³-hybridized carbons (Fsp3) is 0.176. The van der Waals surface area contributed by atoms with Gasteiger partial charge in [0.05, 0.1) is 18.2 Å². The zero-order valence-electron chi connectivity index (χ0n) is 15.7. The van der Waals surface area contributed by atoms with Crippen LogP contribution in [0.3, 0.4) is 0 Å². The molecule has 0 radical (unpaired) electrons. The molecule has 0 saturated heterocycles. The molecule has 0 aromatic heterocycles. The number of anilines is 1. The van der Waals surface area contributed by atoms with Gasteiger partial charge in [0.25, 0.3) is 0 Å². The van der Waals surface area contributed by atoms with Crippen molar-refractivity contribution in [3.63, 3.8) is 0 Å². The molecule has 164 valence electrons. The highest BCUT2D eigenvalue weighted by Gasteiger charge is 2.50. The van der Waals surface area contributed by atoms with Crippen LogP contribution in [-0.2, 0) is 30.3 Å². The van der Waals surface area contributed by atoms with Gasteiger partial charge in [-0.05, 0) is 11.6 Å². The molecule has 2 rings (SSSR count). The summed E-state index contributed by atoms with van der Waals surface area (Å²) >= 11 is 0. The number of benzene rings is 2. The van der Waals surface area contributed by atoms with Crippen molar-refractivity contribution in [1.82, 2.24) is 0 Å². The quantitative estimate of drug-likeness (QED) is 0.460. The molecule has 2 N–H and O–H groups in total. The molecule has 2 aromatic rings. The van der Waals surface area contributed by atoms with Crippen molar-refractivity contribution in [2.24, 2.45) is 0 Å². The van der Waals surface area contributed by atoms with Crippen LogP contribution >= 0.6 is 7.60 Å². The summed E-state index contributed by atoms with van der Waals surface area (Å²) in [7, 11) is -15.0. The highest BCUT2D eigenvalue weighted by Crippen LogP contribution is 2.59. The number of hydrogen-bond acceptors (Lipinski definition) is 5. The summed E-state index contributed by atoms with van der Waals surface area (Å²) in [5.41, 5.74) is -6.03. The number of rotatable bonds is 7. The first kappa shape index (κ1) is 24.2. The SMILES string of the molecule is CS(=O)(=O)N(c1cc(C(F)(F)P(=O)(O)O)ccc1/C=C/c1ccccc1)S(C)(=O)=O. The van der Waals surface area contributed by atoms with Gasteiger partial charge < -0.3 is 9.79 Å². The molecule has 30 heavy (non-hydrogen) atoms. The average molecular weight is 481 g/mol. The lowest BCUT2D eigenvalue weighted by atomic mass is 10.1. The molecule has 0 aliphatic heterocycles. The number of alkyl halides is 2. The predicted molar refractivity (Wildman–Crippen MR) is 110 cm³/mol. The van der Waals surface area contributed by atoms with E-state index in [-0.39, 0.29) is 9.27 Å². The molecular weight excluding hydrogens is 463 g/mol. The van der Waals surface area contributed by atoms with E-state index in [1.807, 2.05) is 0 Å². The van der Waals surface area contributed by atoms with E-state index >= 15 is 0 Å². The maximum atomic E-state index is 14.2. The third-order valence-corrected chi connectivity index (χ3v) is 8.01. The number of sulfonamides is 2. The summed E-state index contributed by atoms with van der Waals surface area (Å²) in [5, 5.41) is 0. The van der Waals surface area contributed by atoms with Crippen LogP contribution in [0, 0.1) is 0 Å². The zero-order chi connectivity index (χ0) is 23.0.